The van der Waals surface area contributed by atoms with Crippen molar-refractivity contribution in [2.75, 3.05) is 26.8 Å². The van der Waals surface area contributed by atoms with Crippen molar-refractivity contribution >= 4 is 5.91 Å². The fourth-order valence-electron chi connectivity index (χ4n) is 2.66. The maximum atomic E-state index is 12.5. The lowest BCUT2D eigenvalue weighted by atomic mass is 9.94. The molecule has 0 saturated carbocycles. The SMILES string of the molecule is CCCn1cccc1C(=O)N(C)CC1(O)CCOCC1. The van der Waals surface area contributed by atoms with E-state index in [0.29, 0.717) is 38.3 Å². The van der Waals surface area contributed by atoms with E-state index in [2.05, 4.69) is 6.92 Å². The van der Waals surface area contributed by atoms with Gasteiger partial charge < -0.3 is 19.3 Å². The van der Waals surface area contributed by atoms with E-state index < -0.39 is 5.60 Å². The molecule has 1 fully saturated rings. The second-order valence-electron chi connectivity index (χ2n) is 5.58. The predicted octanol–water partition coefficient (Wildman–Crippen LogP) is 1.51. The Labute approximate surface area is 120 Å². The van der Waals surface area contributed by atoms with Gasteiger partial charge >= 0.3 is 0 Å². The Hall–Kier alpha value is -1.33. The zero-order chi connectivity index (χ0) is 14.6. The normalized spacial score (nSPS) is 17.9. The number of amides is 1. The Balaban J connectivity index is 2.02. The third-order valence-electron chi connectivity index (χ3n) is 3.81. The molecule has 0 spiro atoms. The van der Waals surface area contributed by atoms with Gasteiger partial charge in [-0.25, -0.2) is 0 Å². The Morgan fingerprint density at radius 3 is 2.85 bits per heavy atom. The van der Waals surface area contributed by atoms with Gasteiger partial charge in [-0.1, -0.05) is 6.92 Å². The van der Waals surface area contributed by atoms with Crippen LogP contribution in [0.3, 0.4) is 0 Å². The van der Waals surface area contributed by atoms with Crippen LogP contribution < -0.4 is 0 Å². The molecule has 0 aliphatic carbocycles. The molecular weight excluding hydrogens is 256 g/mol. The van der Waals surface area contributed by atoms with Gasteiger partial charge in [0, 0.05) is 52.4 Å². The second kappa shape index (κ2) is 6.41. The number of rotatable bonds is 5. The van der Waals surface area contributed by atoms with E-state index in [9.17, 15) is 9.90 Å². The minimum Gasteiger partial charge on any atom is -0.388 e. The highest BCUT2D eigenvalue weighted by molar-refractivity contribution is 5.92. The van der Waals surface area contributed by atoms with Gasteiger partial charge in [0.05, 0.1) is 5.60 Å². The fraction of sp³-hybridized carbons (Fsp3) is 0.667. The number of nitrogens with zero attached hydrogens (tertiary/aromatic N) is 2. The highest BCUT2D eigenvalue weighted by atomic mass is 16.5. The van der Waals surface area contributed by atoms with Crippen LogP contribution in [0.25, 0.3) is 0 Å². The number of aryl methyl sites for hydroxylation is 1. The van der Waals surface area contributed by atoms with Crippen molar-refractivity contribution in [3.05, 3.63) is 24.0 Å². The van der Waals surface area contributed by atoms with Crippen molar-refractivity contribution in [1.29, 1.82) is 0 Å². The summed E-state index contributed by atoms with van der Waals surface area (Å²) in [5.41, 5.74) is -0.129. The Morgan fingerprint density at radius 1 is 1.50 bits per heavy atom. The number of carbonyl (C=O) groups excluding carboxylic acids is 1. The first-order chi connectivity index (χ1) is 9.56. The summed E-state index contributed by atoms with van der Waals surface area (Å²) in [4.78, 5) is 14.1. The Morgan fingerprint density at radius 2 is 2.20 bits per heavy atom. The van der Waals surface area contributed by atoms with Crippen LogP contribution in [0, 0.1) is 0 Å². The molecule has 0 atom stereocenters. The van der Waals surface area contributed by atoms with Gasteiger partial charge in [0.1, 0.15) is 5.69 Å². The third kappa shape index (κ3) is 3.41. The average Bonchev–Trinajstić information content (AvgIpc) is 2.87. The van der Waals surface area contributed by atoms with Gasteiger partial charge in [-0.15, -0.1) is 0 Å². The van der Waals surface area contributed by atoms with E-state index in [-0.39, 0.29) is 5.91 Å². The van der Waals surface area contributed by atoms with Crippen LogP contribution in [0.1, 0.15) is 36.7 Å². The summed E-state index contributed by atoms with van der Waals surface area (Å²) in [5, 5.41) is 10.5. The molecule has 0 bridgehead atoms. The quantitative estimate of drug-likeness (QED) is 0.889. The number of hydrogen-bond acceptors (Lipinski definition) is 3. The third-order valence-corrected chi connectivity index (χ3v) is 3.81. The number of aromatic nitrogens is 1. The number of carbonyl (C=O) groups is 1. The molecule has 1 saturated heterocycles. The molecule has 20 heavy (non-hydrogen) atoms. The first kappa shape index (κ1) is 15.1. The van der Waals surface area contributed by atoms with Gasteiger partial charge in [-0.2, -0.15) is 0 Å². The molecular formula is C15H24N2O3. The highest BCUT2D eigenvalue weighted by Crippen LogP contribution is 2.22. The van der Waals surface area contributed by atoms with Crippen molar-refractivity contribution in [2.45, 2.75) is 38.3 Å². The molecule has 1 N–H and O–H groups in total. The Kier molecular flexibility index (Phi) is 4.83. The van der Waals surface area contributed by atoms with Crippen LogP contribution in [0.15, 0.2) is 18.3 Å². The van der Waals surface area contributed by atoms with Gasteiger partial charge in [0.2, 0.25) is 0 Å². The highest BCUT2D eigenvalue weighted by Gasteiger charge is 2.32. The number of ether oxygens (including phenoxy) is 1. The largest absolute Gasteiger partial charge is 0.388 e. The number of hydrogen-bond donors (Lipinski definition) is 1. The number of aliphatic hydroxyl groups is 1. The summed E-state index contributed by atoms with van der Waals surface area (Å²) in [6, 6.07) is 3.72. The minimum absolute atomic E-state index is 0.0385. The van der Waals surface area contributed by atoms with Crippen LogP contribution in [0.4, 0.5) is 0 Å². The maximum Gasteiger partial charge on any atom is 0.270 e. The van der Waals surface area contributed by atoms with Gasteiger partial charge in [0.15, 0.2) is 0 Å². The van der Waals surface area contributed by atoms with E-state index in [1.807, 2.05) is 22.9 Å². The van der Waals surface area contributed by atoms with Crippen molar-refractivity contribution < 1.29 is 14.6 Å². The van der Waals surface area contributed by atoms with E-state index in [1.165, 1.54) is 0 Å². The van der Waals surface area contributed by atoms with Crippen LogP contribution in [0.5, 0.6) is 0 Å². The maximum absolute atomic E-state index is 12.5. The molecule has 0 unspecified atom stereocenters. The summed E-state index contributed by atoms with van der Waals surface area (Å²) >= 11 is 0. The predicted molar refractivity (Wildman–Crippen MR) is 76.7 cm³/mol. The lowest BCUT2D eigenvalue weighted by molar-refractivity contribution is -0.0735. The van der Waals surface area contributed by atoms with Gasteiger partial charge in [-0.05, 0) is 18.6 Å². The first-order valence-electron chi connectivity index (χ1n) is 7.26. The molecule has 0 aromatic carbocycles. The smallest absolute Gasteiger partial charge is 0.270 e. The van der Waals surface area contributed by atoms with Crippen molar-refractivity contribution in [3.63, 3.8) is 0 Å². The molecule has 5 heteroatoms. The zero-order valence-electron chi connectivity index (χ0n) is 12.3. The first-order valence-corrected chi connectivity index (χ1v) is 7.26. The van der Waals surface area contributed by atoms with Gasteiger partial charge in [-0.3, -0.25) is 4.79 Å². The lowest BCUT2D eigenvalue weighted by Crippen LogP contribution is -2.47. The molecule has 1 amide bonds. The molecule has 0 radical (unpaired) electrons. The zero-order valence-corrected chi connectivity index (χ0v) is 12.3. The fourth-order valence-corrected chi connectivity index (χ4v) is 2.66. The molecule has 1 aliphatic heterocycles. The lowest BCUT2D eigenvalue weighted by Gasteiger charge is -2.35. The van der Waals surface area contributed by atoms with Crippen molar-refractivity contribution in [3.8, 4) is 0 Å². The number of likely N-dealkylation sites (N-methyl/N-ethyl adjacent to an activating group) is 1. The standard InChI is InChI=1S/C15H24N2O3/c1-3-8-17-9-4-5-13(17)14(18)16(2)12-15(19)6-10-20-11-7-15/h4-5,9,19H,3,6-8,10-12H2,1-2H3. The molecule has 112 valence electrons. The van der Waals surface area contributed by atoms with Crippen molar-refractivity contribution in [2.24, 2.45) is 0 Å². The molecule has 1 aromatic rings. The van der Waals surface area contributed by atoms with Crippen molar-refractivity contribution in [1.82, 2.24) is 9.47 Å². The van der Waals surface area contributed by atoms with Crippen LogP contribution >= 0.6 is 0 Å². The van der Waals surface area contributed by atoms with Gasteiger partial charge in [0.25, 0.3) is 5.91 Å². The summed E-state index contributed by atoms with van der Waals surface area (Å²) < 4.78 is 7.23. The summed E-state index contributed by atoms with van der Waals surface area (Å²) in [6.45, 7) is 4.39. The molecule has 5 nitrogen and oxygen atoms in total. The van der Waals surface area contributed by atoms with E-state index in [1.54, 1.807) is 11.9 Å². The average molecular weight is 280 g/mol. The van der Waals surface area contributed by atoms with Crippen LogP contribution in [0.2, 0.25) is 0 Å². The molecule has 2 rings (SSSR count). The monoisotopic (exact) mass is 280 g/mol. The Bertz CT molecular complexity index is 450. The molecule has 2 heterocycles. The summed E-state index contributed by atoms with van der Waals surface area (Å²) in [7, 11) is 1.75. The molecule has 1 aromatic heterocycles. The summed E-state index contributed by atoms with van der Waals surface area (Å²) in [6.07, 6.45) is 4.08. The van der Waals surface area contributed by atoms with Crippen LogP contribution in [-0.2, 0) is 11.3 Å². The minimum atomic E-state index is -0.815. The van der Waals surface area contributed by atoms with E-state index in [0.717, 1.165) is 13.0 Å². The van der Waals surface area contributed by atoms with E-state index in [4.69, 9.17) is 4.74 Å². The second-order valence-corrected chi connectivity index (χ2v) is 5.58. The molecule has 1 aliphatic rings. The summed E-state index contributed by atoms with van der Waals surface area (Å²) in [5.74, 6) is -0.0385. The topological polar surface area (TPSA) is 54.7 Å². The van der Waals surface area contributed by atoms with E-state index >= 15 is 0 Å². The van der Waals surface area contributed by atoms with Crippen LogP contribution in [-0.4, -0.2) is 52.9 Å².